The van der Waals surface area contributed by atoms with E-state index in [2.05, 4.69) is 25.1 Å². The summed E-state index contributed by atoms with van der Waals surface area (Å²) in [6, 6.07) is 3.55. The van der Waals surface area contributed by atoms with Crippen molar-refractivity contribution in [2.45, 2.75) is 13.0 Å². The van der Waals surface area contributed by atoms with Gasteiger partial charge in [0.05, 0.1) is 31.4 Å². The molecule has 10 heteroatoms. The summed E-state index contributed by atoms with van der Waals surface area (Å²) < 4.78 is 11.0. The van der Waals surface area contributed by atoms with Crippen LogP contribution in [0, 0.1) is 5.41 Å². The number of ether oxygens (including phenoxy) is 2. The van der Waals surface area contributed by atoms with Crippen LogP contribution in [0.2, 0.25) is 0 Å². The summed E-state index contributed by atoms with van der Waals surface area (Å²) in [4.78, 5) is 16.5. The summed E-state index contributed by atoms with van der Waals surface area (Å²) in [6.45, 7) is 7.87. The largest absolute Gasteiger partial charge is 0.494 e. The monoisotopic (exact) mass is 467 g/mol. The first-order valence-corrected chi connectivity index (χ1v) is 12.0. The standard InChI is InChI=1S/C23H29N7O2S/c1-31-19-11-17(25)15(12-24)10-18(19)28-22-21-16-2-3-30(5-4-29-6-8-32-9-7-29)13-20(16)33-23(21)27-14-26-22/h10-12,14,24H,2-9,13,25H2,1H3,(H,26,27,28). The van der Waals surface area contributed by atoms with Crippen LogP contribution in [0.4, 0.5) is 17.2 Å². The maximum absolute atomic E-state index is 7.63. The maximum Gasteiger partial charge on any atom is 0.144 e. The molecule has 1 saturated heterocycles. The molecule has 1 fully saturated rings. The van der Waals surface area contributed by atoms with Crippen LogP contribution in [0.25, 0.3) is 10.2 Å². The number of nitrogens with one attached hydrogen (secondary N) is 2. The van der Waals surface area contributed by atoms with E-state index in [1.165, 1.54) is 16.7 Å². The fourth-order valence-electron chi connectivity index (χ4n) is 4.51. The molecule has 0 unspecified atom stereocenters. The predicted molar refractivity (Wildman–Crippen MR) is 132 cm³/mol. The van der Waals surface area contributed by atoms with E-state index in [-0.39, 0.29) is 0 Å². The third-order valence-corrected chi connectivity index (χ3v) is 7.49. The first-order chi connectivity index (χ1) is 16.2. The lowest BCUT2D eigenvalue weighted by atomic mass is 10.0. The number of morpholine rings is 1. The number of nitrogen functional groups attached to an aromatic ring is 1. The van der Waals surface area contributed by atoms with E-state index in [1.807, 2.05) is 6.07 Å². The van der Waals surface area contributed by atoms with E-state index in [1.54, 1.807) is 30.8 Å². The van der Waals surface area contributed by atoms with Crippen LogP contribution in [0.5, 0.6) is 5.75 Å². The molecule has 174 valence electrons. The van der Waals surface area contributed by atoms with E-state index in [0.29, 0.717) is 17.0 Å². The number of nitrogens with zero attached hydrogens (tertiary/aromatic N) is 4. The lowest BCUT2D eigenvalue weighted by molar-refractivity contribution is 0.0327. The predicted octanol–water partition coefficient (Wildman–Crippen LogP) is 2.71. The van der Waals surface area contributed by atoms with Gasteiger partial charge in [0.2, 0.25) is 0 Å². The highest BCUT2D eigenvalue weighted by atomic mass is 32.1. The smallest absolute Gasteiger partial charge is 0.144 e. The molecule has 33 heavy (non-hydrogen) atoms. The van der Waals surface area contributed by atoms with Gasteiger partial charge in [-0.05, 0) is 18.1 Å². The molecule has 2 aliphatic heterocycles. The Labute approximate surface area is 197 Å². The molecule has 3 aromatic rings. The second kappa shape index (κ2) is 9.60. The number of hydrogen-bond donors (Lipinski definition) is 3. The van der Waals surface area contributed by atoms with Crippen LogP contribution in [0.1, 0.15) is 16.0 Å². The number of hydrogen-bond acceptors (Lipinski definition) is 10. The first-order valence-electron chi connectivity index (χ1n) is 11.2. The van der Waals surface area contributed by atoms with Gasteiger partial charge < -0.3 is 25.9 Å². The van der Waals surface area contributed by atoms with Crippen molar-refractivity contribution in [3.63, 3.8) is 0 Å². The van der Waals surface area contributed by atoms with Crippen molar-refractivity contribution < 1.29 is 9.47 Å². The molecule has 1 aromatic carbocycles. The summed E-state index contributed by atoms with van der Waals surface area (Å²) >= 11 is 1.76. The Morgan fingerprint density at radius 3 is 2.82 bits per heavy atom. The van der Waals surface area contributed by atoms with Crippen LogP contribution in [-0.2, 0) is 17.7 Å². The summed E-state index contributed by atoms with van der Waals surface area (Å²) in [5.74, 6) is 1.38. The van der Waals surface area contributed by atoms with Crippen molar-refractivity contribution in [2.24, 2.45) is 0 Å². The topological polar surface area (TPSA) is 113 Å². The van der Waals surface area contributed by atoms with Gasteiger partial charge in [-0.15, -0.1) is 11.3 Å². The van der Waals surface area contributed by atoms with Gasteiger partial charge >= 0.3 is 0 Å². The molecule has 4 heterocycles. The van der Waals surface area contributed by atoms with Gasteiger partial charge in [-0.1, -0.05) is 0 Å². The third-order valence-electron chi connectivity index (χ3n) is 6.37. The molecular formula is C23H29N7O2S. The average Bonchev–Trinajstić information content (AvgIpc) is 3.23. The van der Waals surface area contributed by atoms with Crippen LogP contribution in [0.3, 0.4) is 0 Å². The van der Waals surface area contributed by atoms with Gasteiger partial charge in [0.1, 0.15) is 22.7 Å². The third kappa shape index (κ3) is 4.51. The molecule has 0 atom stereocenters. The molecule has 0 bridgehead atoms. The van der Waals surface area contributed by atoms with Crippen molar-refractivity contribution in [1.82, 2.24) is 19.8 Å². The van der Waals surface area contributed by atoms with E-state index in [0.717, 1.165) is 80.6 Å². The van der Waals surface area contributed by atoms with E-state index >= 15 is 0 Å². The number of fused-ring (bicyclic) bond motifs is 3. The summed E-state index contributed by atoms with van der Waals surface area (Å²) in [5.41, 5.74) is 9.22. The molecule has 0 saturated carbocycles. The fraction of sp³-hybridized carbons (Fsp3) is 0.435. The number of thiophene rings is 1. The molecule has 0 radical (unpaired) electrons. The quantitative estimate of drug-likeness (QED) is 0.359. The molecule has 0 amide bonds. The van der Waals surface area contributed by atoms with Crippen LogP contribution in [-0.4, -0.2) is 79.0 Å². The number of anilines is 3. The minimum Gasteiger partial charge on any atom is -0.494 e. The van der Waals surface area contributed by atoms with Crippen molar-refractivity contribution in [3.8, 4) is 5.75 Å². The summed E-state index contributed by atoms with van der Waals surface area (Å²) in [6.07, 6.45) is 3.82. The number of aromatic nitrogens is 2. The Morgan fingerprint density at radius 2 is 2.03 bits per heavy atom. The summed E-state index contributed by atoms with van der Waals surface area (Å²) in [5, 5.41) is 12.1. The second-order valence-corrected chi connectivity index (χ2v) is 9.42. The number of methoxy groups -OCH3 is 1. The van der Waals surface area contributed by atoms with Gasteiger partial charge in [-0.25, -0.2) is 9.97 Å². The van der Waals surface area contributed by atoms with Crippen molar-refractivity contribution in [3.05, 3.63) is 34.5 Å². The van der Waals surface area contributed by atoms with Gasteiger partial charge in [-0.3, -0.25) is 9.80 Å². The molecule has 2 aromatic heterocycles. The molecule has 2 aliphatic rings. The Bertz CT molecular complexity index is 1160. The number of benzene rings is 1. The molecular weight excluding hydrogens is 438 g/mol. The maximum atomic E-state index is 7.63. The highest BCUT2D eigenvalue weighted by Gasteiger charge is 2.24. The van der Waals surface area contributed by atoms with Gasteiger partial charge in [0, 0.05) is 67.7 Å². The highest BCUT2D eigenvalue weighted by Crippen LogP contribution is 2.39. The van der Waals surface area contributed by atoms with Crippen LogP contribution in [0.15, 0.2) is 18.5 Å². The van der Waals surface area contributed by atoms with E-state index < -0.39 is 0 Å². The highest BCUT2D eigenvalue weighted by molar-refractivity contribution is 7.19. The Hall–Kier alpha value is -2.79. The molecule has 4 N–H and O–H groups in total. The number of rotatable bonds is 7. The van der Waals surface area contributed by atoms with E-state index in [9.17, 15) is 0 Å². The van der Waals surface area contributed by atoms with Gasteiger partial charge in [0.15, 0.2) is 0 Å². The molecule has 5 rings (SSSR count). The zero-order valence-electron chi connectivity index (χ0n) is 18.8. The van der Waals surface area contributed by atoms with Gasteiger partial charge in [0.25, 0.3) is 0 Å². The average molecular weight is 468 g/mol. The van der Waals surface area contributed by atoms with E-state index in [4.69, 9.17) is 20.6 Å². The van der Waals surface area contributed by atoms with Crippen LogP contribution >= 0.6 is 11.3 Å². The molecule has 0 spiro atoms. The minimum atomic E-state index is 0.505. The molecule has 9 nitrogen and oxygen atoms in total. The Morgan fingerprint density at radius 1 is 1.21 bits per heavy atom. The minimum absolute atomic E-state index is 0.505. The Balaban J connectivity index is 1.38. The lowest BCUT2D eigenvalue weighted by Crippen LogP contribution is -2.42. The zero-order valence-corrected chi connectivity index (χ0v) is 19.6. The SMILES string of the molecule is COc1cc(N)c(C=N)cc1Nc1ncnc2sc3c(c12)CCN(CCN1CCOCC1)C3. The van der Waals surface area contributed by atoms with Crippen molar-refractivity contribution >= 4 is 45.0 Å². The lowest BCUT2D eigenvalue weighted by Gasteiger charge is -2.31. The van der Waals surface area contributed by atoms with Crippen molar-refractivity contribution in [1.29, 1.82) is 5.41 Å². The molecule has 0 aliphatic carbocycles. The van der Waals surface area contributed by atoms with Crippen molar-refractivity contribution in [2.75, 3.05) is 64.1 Å². The van der Waals surface area contributed by atoms with Gasteiger partial charge in [-0.2, -0.15) is 0 Å². The van der Waals surface area contributed by atoms with Crippen LogP contribution < -0.4 is 15.8 Å². The normalized spacial score (nSPS) is 17.1. The number of nitrogens with two attached hydrogens (primary N) is 1. The Kier molecular flexibility index (Phi) is 6.41. The summed E-state index contributed by atoms with van der Waals surface area (Å²) in [7, 11) is 1.61. The fourth-order valence-corrected chi connectivity index (χ4v) is 5.74. The zero-order chi connectivity index (χ0) is 22.8. The first kappa shape index (κ1) is 22.0. The second-order valence-electron chi connectivity index (χ2n) is 8.34.